The SMILES string of the molecule is O=C(NCc1cccs1)c1cn(-c2ccccc2)nn1. The number of para-hydroxylation sites is 1. The Morgan fingerprint density at radius 3 is 2.80 bits per heavy atom. The molecule has 6 heteroatoms. The van der Waals surface area contributed by atoms with Gasteiger partial charge in [0, 0.05) is 4.88 Å². The van der Waals surface area contributed by atoms with Crippen LogP contribution in [0.1, 0.15) is 15.4 Å². The van der Waals surface area contributed by atoms with Crippen molar-refractivity contribution < 1.29 is 4.79 Å². The molecule has 3 aromatic rings. The van der Waals surface area contributed by atoms with Gasteiger partial charge < -0.3 is 5.32 Å². The molecule has 100 valence electrons. The first-order valence-corrected chi connectivity index (χ1v) is 6.99. The van der Waals surface area contributed by atoms with E-state index in [9.17, 15) is 4.79 Å². The smallest absolute Gasteiger partial charge is 0.273 e. The summed E-state index contributed by atoms with van der Waals surface area (Å²) in [6, 6.07) is 13.5. The number of nitrogens with one attached hydrogen (secondary N) is 1. The Labute approximate surface area is 119 Å². The van der Waals surface area contributed by atoms with Crippen LogP contribution in [0.4, 0.5) is 0 Å². The third-order valence-corrected chi connectivity index (χ3v) is 3.63. The summed E-state index contributed by atoms with van der Waals surface area (Å²) >= 11 is 1.61. The van der Waals surface area contributed by atoms with Crippen molar-refractivity contribution in [3.05, 3.63) is 64.6 Å². The first kappa shape index (κ1) is 12.6. The maximum atomic E-state index is 12.0. The zero-order valence-electron chi connectivity index (χ0n) is 10.6. The van der Waals surface area contributed by atoms with Crippen molar-refractivity contribution in [3.8, 4) is 5.69 Å². The van der Waals surface area contributed by atoms with E-state index in [1.54, 1.807) is 22.2 Å². The van der Waals surface area contributed by atoms with E-state index in [0.717, 1.165) is 10.6 Å². The fraction of sp³-hybridized carbons (Fsp3) is 0.0714. The van der Waals surface area contributed by atoms with Crippen LogP contribution in [0, 0.1) is 0 Å². The van der Waals surface area contributed by atoms with Crippen LogP contribution >= 0.6 is 11.3 Å². The van der Waals surface area contributed by atoms with Crippen molar-refractivity contribution in [1.29, 1.82) is 0 Å². The molecule has 1 aromatic carbocycles. The van der Waals surface area contributed by atoms with E-state index in [2.05, 4.69) is 15.6 Å². The maximum absolute atomic E-state index is 12.0. The normalized spacial score (nSPS) is 10.4. The number of thiophene rings is 1. The van der Waals surface area contributed by atoms with Crippen molar-refractivity contribution in [2.75, 3.05) is 0 Å². The molecule has 5 nitrogen and oxygen atoms in total. The lowest BCUT2D eigenvalue weighted by Gasteiger charge is -2.00. The Morgan fingerprint density at radius 2 is 2.05 bits per heavy atom. The standard InChI is InChI=1S/C14H12N4OS/c19-14(15-9-12-7-4-8-20-12)13-10-18(17-16-13)11-5-2-1-3-6-11/h1-8,10H,9H2,(H,15,19). The van der Waals surface area contributed by atoms with Gasteiger partial charge in [-0.2, -0.15) is 0 Å². The average molecular weight is 284 g/mol. The summed E-state index contributed by atoms with van der Waals surface area (Å²) < 4.78 is 1.58. The Bertz CT molecular complexity index is 691. The Kier molecular flexibility index (Phi) is 3.56. The Hall–Kier alpha value is -2.47. The molecule has 0 aliphatic rings. The van der Waals surface area contributed by atoms with Gasteiger partial charge in [-0.3, -0.25) is 4.79 Å². The minimum Gasteiger partial charge on any atom is -0.346 e. The summed E-state index contributed by atoms with van der Waals surface area (Å²) in [6.45, 7) is 0.509. The molecule has 2 heterocycles. The molecule has 20 heavy (non-hydrogen) atoms. The highest BCUT2D eigenvalue weighted by Gasteiger charge is 2.11. The molecule has 1 amide bonds. The lowest BCUT2D eigenvalue weighted by Crippen LogP contribution is -2.22. The van der Waals surface area contributed by atoms with Crippen LogP contribution in [-0.2, 0) is 6.54 Å². The molecule has 0 atom stereocenters. The lowest BCUT2D eigenvalue weighted by atomic mass is 10.3. The molecule has 0 spiro atoms. The van der Waals surface area contributed by atoms with Gasteiger partial charge >= 0.3 is 0 Å². The molecule has 0 fully saturated rings. The molecule has 2 aromatic heterocycles. The number of hydrogen-bond donors (Lipinski definition) is 1. The van der Waals surface area contributed by atoms with Crippen LogP contribution < -0.4 is 5.32 Å². The summed E-state index contributed by atoms with van der Waals surface area (Å²) in [5, 5.41) is 12.7. The topological polar surface area (TPSA) is 59.8 Å². The monoisotopic (exact) mass is 284 g/mol. The molecule has 0 saturated heterocycles. The van der Waals surface area contributed by atoms with E-state index < -0.39 is 0 Å². The molecular weight excluding hydrogens is 272 g/mol. The van der Waals surface area contributed by atoms with Gasteiger partial charge in [0.2, 0.25) is 0 Å². The average Bonchev–Trinajstić information content (AvgIpc) is 3.17. The van der Waals surface area contributed by atoms with E-state index in [4.69, 9.17) is 0 Å². The summed E-state index contributed by atoms with van der Waals surface area (Å²) in [5.74, 6) is -0.222. The first-order chi connectivity index (χ1) is 9.83. The van der Waals surface area contributed by atoms with E-state index in [0.29, 0.717) is 12.2 Å². The quantitative estimate of drug-likeness (QED) is 0.799. The number of carbonyl (C=O) groups is 1. The Morgan fingerprint density at radius 1 is 1.20 bits per heavy atom. The largest absolute Gasteiger partial charge is 0.346 e. The van der Waals surface area contributed by atoms with Crippen molar-refractivity contribution in [1.82, 2.24) is 20.3 Å². The second kappa shape index (κ2) is 5.66. The van der Waals surface area contributed by atoms with Crippen LogP contribution in [-0.4, -0.2) is 20.9 Å². The summed E-state index contributed by atoms with van der Waals surface area (Å²) in [6.07, 6.45) is 1.62. The van der Waals surface area contributed by atoms with Crippen LogP contribution in [0.3, 0.4) is 0 Å². The highest BCUT2D eigenvalue weighted by Crippen LogP contribution is 2.08. The zero-order valence-corrected chi connectivity index (χ0v) is 11.4. The molecular formula is C14H12N4OS. The van der Waals surface area contributed by atoms with Crippen molar-refractivity contribution >= 4 is 17.2 Å². The van der Waals surface area contributed by atoms with Gasteiger partial charge in [-0.1, -0.05) is 29.5 Å². The zero-order chi connectivity index (χ0) is 13.8. The molecule has 0 unspecified atom stereocenters. The van der Waals surface area contributed by atoms with Gasteiger partial charge in [-0.15, -0.1) is 16.4 Å². The van der Waals surface area contributed by atoms with Crippen LogP contribution in [0.15, 0.2) is 54.0 Å². The van der Waals surface area contributed by atoms with E-state index >= 15 is 0 Å². The minimum absolute atomic E-state index is 0.222. The second-order valence-corrected chi connectivity index (χ2v) is 5.18. The van der Waals surface area contributed by atoms with Crippen molar-refractivity contribution in [3.63, 3.8) is 0 Å². The van der Waals surface area contributed by atoms with E-state index in [-0.39, 0.29) is 5.91 Å². The number of aromatic nitrogens is 3. The van der Waals surface area contributed by atoms with Crippen molar-refractivity contribution in [2.45, 2.75) is 6.54 Å². The summed E-state index contributed by atoms with van der Waals surface area (Å²) in [5.41, 5.74) is 1.18. The predicted molar refractivity (Wildman–Crippen MR) is 76.8 cm³/mol. The van der Waals surface area contributed by atoms with Gasteiger partial charge in [0.1, 0.15) is 0 Å². The van der Waals surface area contributed by atoms with Gasteiger partial charge in [0.05, 0.1) is 18.4 Å². The lowest BCUT2D eigenvalue weighted by molar-refractivity contribution is 0.0946. The van der Waals surface area contributed by atoms with Gasteiger partial charge in [0.25, 0.3) is 5.91 Å². The van der Waals surface area contributed by atoms with E-state index in [1.165, 1.54) is 0 Å². The number of nitrogens with zero attached hydrogens (tertiary/aromatic N) is 3. The summed E-state index contributed by atoms with van der Waals surface area (Å²) in [7, 11) is 0. The summed E-state index contributed by atoms with van der Waals surface area (Å²) in [4.78, 5) is 13.1. The number of amides is 1. The fourth-order valence-electron chi connectivity index (χ4n) is 1.75. The molecule has 3 rings (SSSR count). The highest BCUT2D eigenvalue weighted by molar-refractivity contribution is 7.09. The molecule has 0 aliphatic heterocycles. The number of rotatable bonds is 4. The van der Waals surface area contributed by atoms with Crippen LogP contribution in [0.2, 0.25) is 0 Å². The molecule has 1 N–H and O–H groups in total. The Balaban J connectivity index is 1.69. The highest BCUT2D eigenvalue weighted by atomic mass is 32.1. The third-order valence-electron chi connectivity index (χ3n) is 2.75. The number of benzene rings is 1. The van der Waals surface area contributed by atoms with E-state index in [1.807, 2.05) is 47.8 Å². The first-order valence-electron chi connectivity index (χ1n) is 6.11. The molecule has 0 radical (unpaired) electrons. The predicted octanol–water partition coefficient (Wildman–Crippen LogP) is 2.26. The fourth-order valence-corrected chi connectivity index (χ4v) is 2.39. The second-order valence-electron chi connectivity index (χ2n) is 4.15. The van der Waals surface area contributed by atoms with Gasteiger partial charge in [0.15, 0.2) is 5.69 Å². The molecule has 0 saturated carbocycles. The van der Waals surface area contributed by atoms with Crippen molar-refractivity contribution in [2.24, 2.45) is 0 Å². The van der Waals surface area contributed by atoms with Crippen LogP contribution in [0.25, 0.3) is 5.69 Å². The molecule has 0 bridgehead atoms. The van der Waals surface area contributed by atoms with Gasteiger partial charge in [-0.05, 0) is 23.6 Å². The molecule has 0 aliphatic carbocycles. The number of hydrogen-bond acceptors (Lipinski definition) is 4. The van der Waals surface area contributed by atoms with Gasteiger partial charge in [-0.25, -0.2) is 4.68 Å². The third kappa shape index (κ3) is 2.75. The minimum atomic E-state index is -0.222. The van der Waals surface area contributed by atoms with Crippen LogP contribution in [0.5, 0.6) is 0 Å². The number of carbonyl (C=O) groups excluding carboxylic acids is 1. The maximum Gasteiger partial charge on any atom is 0.273 e.